The highest BCUT2D eigenvalue weighted by molar-refractivity contribution is 7.24. The predicted molar refractivity (Wildman–Crippen MR) is 198 cm³/mol. The van der Waals surface area contributed by atoms with E-state index < -0.39 is 0 Å². The van der Waals surface area contributed by atoms with Gasteiger partial charge in [0.15, 0.2) is 0 Å². The van der Waals surface area contributed by atoms with Crippen LogP contribution in [0, 0.1) is 0 Å². The van der Waals surface area contributed by atoms with Crippen molar-refractivity contribution in [2.45, 2.75) is 0 Å². The van der Waals surface area contributed by atoms with Crippen LogP contribution < -0.4 is 0 Å². The number of hydrogen-bond acceptors (Lipinski definition) is 6. The molecule has 8 heterocycles. The molecule has 226 valence electrons. The summed E-state index contributed by atoms with van der Waals surface area (Å²) >= 11 is 1.74. The zero-order valence-corrected chi connectivity index (χ0v) is 26.4. The second-order valence-electron chi connectivity index (χ2n) is 11.5. The molecule has 7 heteroatoms. The van der Waals surface area contributed by atoms with Crippen molar-refractivity contribution in [2.24, 2.45) is 0 Å². The fourth-order valence-electron chi connectivity index (χ4n) is 6.43. The summed E-state index contributed by atoms with van der Waals surface area (Å²) < 4.78 is 2.22. The number of nitrogens with one attached hydrogen (secondary N) is 1. The summed E-state index contributed by atoms with van der Waals surface area (Å²) in [4.78, 5) is 27.8. The fourth-order valence-corrected chi connectivity index (χ4v) is 7.58. The van der Waals surface area contributed by atoms with Crippen molar-refractivity contribution < 1.29 is 0 Å². The quantitative estimate of drug-likeness (QED) is 0.208. The third-order valence-corrected chi connectivity index (χ3v) is 9.66. The maximum Gasteiger partial charge on any atom is 0.0737 e. The molecule has 2 aliphatic rings. The number of aromatic amines is 1. The Balaban J connectivity index is 1.49. The lowest BCUT2D eigenvalue weighted by Crippen LogP contribution is -1.89. The van der Waals surface area contributed by atoms with E-state index in [1.165, 1.54) is 0 Å². The van der Waals surface area contributed by atoms with Crippen LogP contribution in [-0.2, 0) is 0 Å². The molecule has 9 rings (SSSR count). The zero-order chi connectivity index (χ0) is 31.9. The molecular weight excluding hydrogens is 609 g/mol. The van der Waals surface area contributed by atoms with Gasteiger partial charge in [-0.15, -0.1) is 11.3 Å². The Morgan fingerprint density at radius 3 is 1.27 bits per heavy atom. The van der Waals surface area contributed by atoms with Gasteiger partial charge in [0, 0.05) is 96.6 Å². The van der Waals surface area contributed by atoms with Crippen LogP contribution >= 0.6 is 11.3 Å². The van der Waals surface area contributed by atoms with E-state index in [9.17, 15) is 0 Å². The number of hydrogen-bond donors (Lipinski definition) is 1. The van der Waals surface area contributed by atoms with Crippen molar-refractivity contribution >= 4 is 56.1 Å². The maximum atomic E-state index is 5.33. The molecule has 0 saturated heterocycles. The van der Waals surface area contributed by atoms with E-state index in [0.29, 0.717) is 0 Å². The van der Waals surface area contributed by atoms with Crippen molar-refractivity contribution in [3.63, 3.8) is 0 Å². The Hall–Kier alpha value is -6.31. The summed E-state index contributed by atoms with van der Waals surface area (Å²) in [6.45, 7) is 0. The number of H-pyrrole nitrogens is 1. The monoisotopic (exact) mass is 634 g/mol. The average Bonchev–Trinajstić information content (AvgIpc) is 3.98. The Kier molecular flexibility index (Phi) is 6.87. The molecule has 0 amide bonds. The zero-order valence-electron chi connectivity index (χ0n) is 25.6. The standard InChI is InChI=1S/C41H26N6S/c1-2-7-26(8-3-1)40-34-16-14-32(46-34)38(27-9-4-20-42-23-27)30-12-13-31(45-30)39(28-10-5-21-43-24-28)33-15-17-35(47-33)41(29-11-6-22-44-25-29)37-19-18-36(40)48-37/h1-25,45H. The van der Waals surface area contributed by atoms with E-state index in [4.69, 9.17) is 9.97 Å². The molecule has 1 N–H and O–H groups in total. The van der Waals surface area contributed by atoms with Crippen molar-refractivity contribution in [3.8, 4) is 44.5 Å². The Bertz CT molecular complexity index is 2190. The normalized spacial score (nSPS) is 12.0. The number of rotatable bonds is 4. The summed E-state index contributed by atoms with van der Waals surface area (Å²) in [7, 11) is 0. The van der Waals surface area contributed by atoms with Gasteiger partial charge in [-0.05, 0) is 72.3 Å². The van der Waals surface area contributed by atoms with Gasteiger partial charge in [-0.2, -0.15) is 0 Å². The number of nitrogens with zero attached hydrogens (tertiary/aromatic N) is 5. The first-order chi connectivity index (χ1) is 23.8. The van der Waals surface area contributed by atoms with E-state index in [1.807, 2.05) is 42.9 Å². The van der Waals surface area contributed by atoms with Gasteiger partial charge >= 0.3 is 0 Å². The average molecular weight is 635 g/mol. The van der Waals surface area contributed by atoms with Crippen LogP contribution in [0.2, 0.25) is 0 Å². The lowest BCUT2D eigenvalue weighted by Gasteiger charge is -2.06. The molecule has 7 aromatic rings. The summed E-state index contributed by atoms with van der Waals surface area (Å²) in [5.41, 5.74) is 13.5. The minimum Gasteiger partial charge on any atom is -0.354 e. The van der Waals surface area contributed by atoms with Crippen molar-refractivity contribution in [2.75, 3.05) is 0 Å². The summed E-state index contributed by atoms with van der Waals surface area (Å²) in [5.74, 6) is 0. The van der Waals surface area contributed by atoms with Crippen LogP contribution in [0.15, 0.2) is 128 Å². The van der Waals surface area contributed by atoms with Gasteiger partial charge in [0.1, 0.15) is 0 Å². The van der Waals surface area contributed by atoms with Gasteiger partial charge < -0.3 is 4.98 Å². The van der Waals surface area contributed by atoms with Gasteiger partial charge in [0.25, 0.3) is 0 Å². The lowest BCUT2D eigenvalue weighted by atomic mass is 10.0. The molecule has 8 bridgehead atoms. The van der Waals surface area contributed by atoms with E-state index in [1.54, 1.807) is 29.9 Å². The molecule has 0 unspecified atom stereocenters. The smallest absolute Gasteiger partial charge is 0.0737 e. The summed E-state index contributed by atoms with van der Waals surface area (Å²) in [6.07, 6.45) is 19.5. The largest absolute Gasteiger partial charge is 0.354 e. The molecule has 6 aromatic heterocycles. The minimum atomic E-state index is 0.852. The number of thiophene rings is 1. The second kappa shape index (κ2) is 11.8. The topological polar surface area (TPSA) is 80.2 Å². The highest BCUT2D eigenvalue weighted by atomic mass is 32.1. The van der Waals surface area contributed by atoms with Crippen LogP contribution in [0.3, 0.4) is 0 Å². The number of fused-ring (bicyclic) bond motifs is 8. The molecule has 2 aliphatic heterocycles. The molecule has 0 aliphatic carbocycles. The van der Waals surface area contributed by atoms with E-state index in [-0.39, 0.29) is 0 Å². The minimum absolute atomic E-state index is 0.852. The van der Waals surface area contributed by atoms with Crippen LogP contribution in [0.25, 0.3) is 89.2 Å². The molecule has 0 fully saturated rings. The van der Waals surface area contributed by atoms with Crippen LogP contribution in [0.5, 0.6) is 0 Å². The highest BCUT2D eigenvalue weighted by Gasteiger charge is 2.19. The van der Waals surface area contributed by atoms with Crippen LogP contribution in [-0.4, -0.2) is 29.9 Å². The van der Waals surface area contributed by atoms with Gasteiger partial charge in [-0.3, -0.25) is 15.0 Å². The number of aromatic nitrogens is 6. The number of benzene rings is 1. The molecule has 6 nitrogen and oxygen atoms in total. The first-order valence-electron chi connectivity index (χ1n) is 15.6. The second-order valence-corrected chi connectivity index (χ2v) is 12.6. The molecule has 48 heavy (non-hydrogen) atoms. The van der Waals surface area contributed by atoms with E-state index in [2.05, 4.69) is 111 Å². The Labute approximate surface area is 280 Å². The van der Waals surface area contributed by atoms with Crippen molar-refractivity contribution in [1.29, 1.82) is 0 Å². The summed E-state index contributed by atoms with van der Waals surface area (Å²) in [5, 5.41) is 0. The summed E-state index contributed by atoms with van der Waals surface area (Å²) in [6, 6.07) is 31.3. The van der Waals surface area contributed by atoms with Gasteiger partial charge in [0.05, 0.1) is 22.8 Å². The lowest BCUT2D eigenvalue weighted by molar-refractivity contribution is 1.29. The molecule has 0 radical (unpaired) electrons. The third-order valence-electron chi connectivity index (χ3n) is 8.54. The molecule has 0 spiro atoms. The third kappa shape index (κ3) is 4.94. The molecule has 0 atom stereocenters. The van der Waals surface area contributed by atoms with Crippen LogP contribution in [0.4, 0.5) is 0 Å². The maximum absolute atomic E-state index is 5.33. The van der Waals surface area contributed by atoms with E-state index >= 15 is 0 Å². The first-order valence-corrected chi connectivity index (χ1v) is 16.5. The SMILES string of the molecule is C1=Cc2nc1c(-c1cccnc1)c1ccc([nH]1)c(-c1cccnc1)c1nc(c(-c3cccnc3)c3ccc(s3)c2-c2ccccc2)C=C1. The highest BCUT2D eigenvalue weighted by Crippen LogP contribution is 2.40. The van der Waals surface area contributed by atoms with Crippen molar-refractivity contribution in [1.82, 2.24) is 29.9 Å². The first kappa shape index (κ1) is 28.0. The molecule has 0 saturated carbocycles. The molecular formula is C41H26N6S. The predicted octanol–water partition coefficient (Wildman–Crippen LogP) is 10.2. The van der Waals surface area contributed by atoms with Gasteiger partial charge in [-0.1, -0.05) is 48.5 Å². The number of pyridine rings is 3. The van der Waals surface area contributed by atoms with Gasteiger partial charge in [-0.25, -0.2) is 9.97 Å². The molecule has 1 aromatic carbocycles. The van der Waals surface area contributed by atoms with E-state index in [0.717, 1.165) is 87.7 Å². The Morgan fingerprint density at radius 1 is 0.396 bits per heavy atom. The fraction of sp³-hybridized carbons (Fsp3) is 0. The van der Waals surface area contributed by atoms with Gasteiger partial charge in [0.2, 0.25) is 0 Å². The Morgan fingerprint density at radius 2 is 0.812 bits per heavy atom. The van der Waals surface area contributed by atoms with Crippen LogP contribution in [0.1, 0.15) is 22.8 Å². The van der Waals surface area contributed by atoms with Crippen molar-refractivity contribution in [3.05, 3.63) is 151 Å².